The van der Waals surface area contributed by atoms with Crippen LogP contribution in [0.25, 0.3) is 0 Å². The van der Waals surface area contributed by atoms with Crippen LogP contribution < -0.4 is 0 Å². The lowest BCUT2D eigenvalue weighted by molar-refractivity contribution is 0.0163. The Kier molecular flexibility index (Phi) is 4.61. The normalized spacial score (nSPS) is 23.8. The van der Waals surface area contributed by atoms with Gasteiger partial charge in [-0.05, 0) is 27.2 Å². The predicted octanol–water partition coefficient (Wildman–Crippen LogP) is 0.403. The summed E-state index contributed by atoms with van der Waals surface area (Å²) >= 11 is 0. The molecule has 1 amide bonds. The molecule has 106 valence electrons. The minimum Gasteiger partial charge on any atom is -0.444 e. The van der Waals surface area contributed by atoms with Gasteiger partial charge in [-0.25, -0.2) is 13.2 Å². The van der Waals surface area contributed by atoms with Gasteiger partial charge in [0.2, 0.25) is 0 Å². The summed E-state index contributed by atoms with van der Waals surface area (Å²) in [5.41, 5.74) is -0.614. The van der Waals surface area contributed by atoms with Crippen LogP contribution in [0.1, 0.15) is 27.2 Å². The van der Waals surface area contributed by atoms with E-state index in [0.717, 1.165) is 0 Å². The molecule has 1 rings (SSSR count). The summed E-state index contributed by atoms with van der Waals surface area (Å²) in [6.45, 7) is 5.24. The number of hydrogen-bond acceptors (Lipinski definition) is 5. The highest BCUT2D eigenvalue weighted by molar-refractivity contribution is 7.91. The molecule has 1 saturated heterocycles. The minimum atomic E-state index is -3.12. The molecule has 1 unspecified atom stereocenters. The van der Waals surface area contributed by atoms with Gasteiger partial charge in [0, 0.05) is 13.2 Å². The van der Waals surface area contributed by atoms with Crippen LogP contribution in [0.4, 0.5) is 4.79 Å². The van der Waals surface area contributed by atoms with Crippen LogP contribution in [0, 0.1) is 0 Å². The van der Waals surface area contributed by atoms with Crippen molar-refractivity contribution >= 4 is 15.9 Å². The molecule has 0 aromatic rings. The highest BCUT2D eigenvalue weighted by atomic mass is 32.2. The number of hydrogen-bond donors (Lipinski definition) is 1. The highest BCUT2D eigenvalue weighted by Gasteiger charge is 2.35. The molecule has 1 fully saturated rings. The Labute approximate surface area is 108 Å². The van der Waals surface area contributed by atoms with E-state index in [1.807, 2.05) is 0 Å². The summed E-state index contributed by atoms with van der Waals surface area (Å²) in [5.74, 6) is -0.152. The summed E-state index contributed by atoms with van der Waals surface area (Å²) in [5, 5.41) is 8.95. The number of ether oxygens (including phenoxy) is 1. The molecule has 0 aromatic carbocycles. The average molecular weight is 279 g/mol. The quantitative estimate of drug-likeness (QED) is 0.791. The molecule has 1 aliphatic heterocycles. The van der Waals surface area contributed by atoms with Crippen LogP contribution in [0.5, 0.6) is 0 Å². The van der Waals surface area contributed by atoms with Gasteiger partial charge in [-0.3, -0.25) is 0 Å². The second kappa shape index (κ2) is 5.44. The maximum Gasteiger partial charge on any atom is 0.410 e. The first-order chi connectivity index (χ1) is 8.14. The van der Waals surface area contributed by atoms with Crippen molar-refractivity contribution in [2.45, 2.75) is 38.8 Å². The van der Waals surface area contributed by atoms with Crippen LogP contribution in [-0.4, -0.2) is 60.8 Å². The molecule has 6 nitrogen and oxygen atoms in total. The monoisotopic (exact) mass is 279 g/mol. The lowest BCUT2D eigenvalue weighted by atomic mass is 10.2. The van der Waals surface area contributed by atoms with E-state index in [4.69, 9.17) is 9.84 Å². The summed E-state index contributed by atoms with van der Waals surface area (Å²) in [4.78, 5) is 13.3. The smallest absolute Gasteiger partial charge is 0.410 e. The zero-order valence-electron chi connectivity index (χ0n) is 11.0. The molecule has 1 atom stereocenters. The van der Waals surface area contributed by atoms with Gasteiger partial charge in [-0.2, -0.15) is 0 Å². The van der Waals surface area contributed by atoms with Crippen LogP contribution >= 0.6 is 0 Å². The number of sulfone groups is 1. The first-order valence-electron chi connectivity index (χ1n) is 5.95. The number of aliphatic hydroxyl groups is 1. The zero-order valence-corrected chi connectivity index (χ0v) is 11.9. The SMILES string of the molecule is CC(C)(C)OC(=O)N1CCS(=O)(=O)CC1CCO. The first-order valence-corrected chi connectivity index (χ1v) is 7.78. The van der Waals surface area contributed by atoms with Crippen molar-refractivity contribution in [3.05, 3.63) is 0 Å². The Morgan fingerprint density at radius 3 is 2.56 bits per heavy atom. The standard InChI is InChI=1S/C11H21NO5S/c1-11(2,3)17-10(14)12-5-7-18(15,16)8-9(12)4-6-13/h9,13H,4-8H2,1-3H3. The van der Waals surface area contributed by atoms with Crippen LogP contribution in [-0.2, 0) is 14.6 Å². The minimum absolute atomic E-state index is 0.0474. The maximum absolute atomic E-state index is 11.9. The van der Waals surface area contributed by atoms with Crippen molar-refractivity contribution in [1.82, 2.24) is 4.90 Å². The van der Waals surface area contributed by atoms with Crippen molar-refractivity contribution in [3.63, 3.8) is 0 Å². The lowest BCUT2D eigenvalue weighted by Gasteiger charge is -2.36. The van der Waals surface area contributed by atoms with Gasteiger partial charge in [0.15, 0.2) is 9.84 Å². The third kappa shape index (κ3) is 4.45. The van der Waals surface area contributed by atoms with Crippen LogP contribution in [0.2, 0.25) is 0 Å². The molecule has 0 aromatic heterocycles. The van der Waals surface area contributed by atoms with E-state index in [1.165, 1.54) is 4.90 Å². The molecular formula is C11H21NO5S. The van der Waals surface area contributed by atoms with E-state index >= 15 is 0 Å². The highest BCUT2D eigenvalue weighted by Crippen LogP contribution is 2.18. The van der Waals surface area contributed by atoms with E-state index in [0.29, 0.717) is 0 Å². The third-order valence-corrected chi connectivity index (χ3v) is 4.32. The Bertz CT molecular complexity index is 398. The number of carbonyl (C=O) groups excluding carboxylic acids is 1. The molecule has 1 heterocycles. The number of carbonyl (C=O) groups is 1. The van der Waals surface area contributed by atoms with Crippen molar-refractivity contribution in [2.75, 3.05) is 24.7 Å². The van der Waals surface area contributed by atoms with Crippen molar-refractivity contribution < 1.29 is 23.1 Å². The van der Waals surface area contributed by atoms with Gasteiger partial charge in [-0.15, -0.1) is 0 Å². The summed E-state index contributed by atoms with van der Waals surface area (Å²) in [6.07, 6.45) is -0.269. The van der Waals surface area contributed by atoms with Gasteiger partial charge in [0.05, 0.1) is 17.5 Å². The lowest BCUT2D eigenvalue weighted by Crippen LogP contribution is -2.52. The fourth-order valence-corrected chi connectivity index (χ4v) is 3.41. The van der Waals surface area contributed by atoms with Crippen LogP contribution in [0.3, 0.4) is 0 Å². The average Bonchev–Trinajstić information content (AvgIpc) is 2.13. The molecule has 0 bridgehead atoms. The van der Waals surface area contributed by atoms with Crippen LogP contribution in [0.15, 0.2) is 0 Å². The van der Waals surface area contributed by atoms with E-state index in [1.54, 1.807) is 20.8 Å². The van der Waals surface area contributed by atoms with Gasteiger partial charge in [0.1, 0.15) is 5.60 Å². The Morgan fingerprint density at radius 1 is 1.44 bits per heavy atom. The molecular weight excluding hydrogens is 258 g/mol. The third-order valence-electron chi connectivity index (χ3n) is 2.62. The molecule has 7 heteroatoms. The fourth-order valence-electron chi connectivity index (χ4n) is 1.84. The van der Waals surface area contributed by atoms with Crippen molar-refractivity contribution in [1.29, 1.82) is 0 Å². The molecule has 1 aliphatic rings. The second-order valence-corrected chi connectivity index (χ2v) is 7.68. The second-order valence-electron chi connectivity index (χ2n) is 5.45. The topological polar surface area (TPSA) is 83.9 Å². The molecule has 18 heavy (non-hydrogen) atoms. The van der Waals surface area contributed by atoms with Gasteiger partial charge < -0.3 is 14.7 Å². The summed E-state index contributed by atoms with van der Waals surface area (Å²) < 4.78 is 28.3. The van der Waals surface area contributed by atoms with Crippen molar-refractivity contribution in [2.24, 2.45) is 0 Å². The summed E-state index contributed by atoms with van der Waals surface area (Å²) in [7, 11) is -3.12. The Morgan fingerprint density at radius 2 is 2.06 bits per heavy atom. The van der Waals surface area contributed by atoms with E-state index in [-0.39, 0.29) is 31.1 Å². The summed E-state index contributed by atoms with van der Waals surface area (Å²) in [6, 6.07) is -0.497. The Balaban J connectivity index is 2.77. The van der Waals surface area contributed by atoms with Gasteiger partial charge in [-0.1, -0.05) is 0 Å². The zero-order chi connectivity index (χ0) is 14.0. The maximum atomic E-state index is 11.9. The molecule has 0 spiro atoms. The van der Waals surface area contributed by atoms with E-state index in [9.17, 15) is 13.2 Å². The number of amides is 1. The molecule has 0 saturated carbocycles. The van der Waals surface area contributed by atoms with Gasteiger partial charge >= 0.3 is 6.09 Å². The van der Waals surface area contributed by atoms with Gasteiger partial charge in [0.25, 0.3) is 0 Å². The number of nitrogens with zero attached hydrogens (tertiary/aromatic N) is 1. The van der Waals surface area contributed by atoms with Crippen molar-refractivity contribution in [3.8, 4) is 0 Å². The largest absolute Gasteiger partial charge is 0.444 e. The molecule has 0 aliphatic carbocycles. The fraction of sp³-hybridized carbons (Fsp3) is 0.909. The van der Waals surface area contributed by atoms with E-state index < -0.39 is 27.6 Å². The number of rotatable bonds is 2. The van der Waals surface area contributed by atoms with E-state index in [2.05, 4.69) is 0 Å². The number of aliphatic hydroxyl groups excluding tert-OH is 1. The Hall–Kier alpha value is -0.820. The first kappa shape index (κ1) is 15.2. The molecule has 1 N–H and O–H groups in total. The predicted molar refractivity (Wildman–Crippen MR) is 67.1 cm³/mol. The molecule has 0 radical (unpaired) electrons.